The summed E-state index contributed by atoms with van der Waals surface area (Å²) in [5.74, 6) is 2.20. The highest BCUT2D eigenvalue weighted by atomic mass is 32.2. The molecule has 0 bridgehead atoms. The SMILES string of the molecule is CN=C(NCCCc1cnn(C)c1)NCC1(C)CCCS1. The molecular weight excluding hydrogens is 282 g/mol. The largest absolute Gasteiger partial charge is 0.356 e. The Labute approximate surface area is 132 Å². The van der Waals surface area contributed by atoms with Crippen LogP contribution >= 0.6 is 11.8 Å². The summed E-state index contributed by atoms with van der Waals surface area (Å²) in [6.45, 7) is 4.26. The minimum atomic E-state index is 0.368. The van der Waals surface area contributed by atoms with Crippen molar-refractivity contribution in [2.75, 3.05) is 25.9 Å². The van der Waals surface area contributed by atoms with Gasteiger partial charge in [0.15, 0.2) is 5.96 Å². The maximum atomic E-state index is 4.30. The molecule has 21 heavy (non-hydrogen) atoms. The van der Waals surface area contributed by atoms with Gasteiger partial charge in [-0.1, -0.05) is 0 Å². The molecule has 1 unspecified atom stereocenters. The molecule has 1 aliphatic rings. The normalized spacial score (nSPS) is 22.5. The van der Waals surface area contributed by atoms with E-state index in [0.29, 0.717) is 4.75 Å². The summed E-state index contributed by atoms with van der Waals surface area (Å²) >= 11 is 2.07. The van der Waals surface area contributed by atoms with E-state index in [0.717, 1.165) is 31.9 Å². The van der Waals surface area contributed by atoms with Crippen LogP contribution in [-0.4, -0.2) is 46.4 Å². The van der Waals surface area contributed by atoms with Crippen molar-refractivity contribution in [3.8, 4) is 0 Å². The Hall–Kier alpha value is -1.17. The number of aromatic nitrogens is 2. The summed E-state index contributed by atoms with van der Waals surface area (Å²) in [5.41, 5.74) is 1.29. The van der Waals surface area contributed by atoms with E-state index in [1.165, 1.54) is 24.2 Å². The second-order valence-electron chi connectivity index (χ2n) is 5.88. The smallest absolute Gasteiger partial charge is 0.191 e. The maximum absolute atomic E-state index is 4.30. The summed E-state index contributed by atoms with van der Waals surface area (Å²) in [5, 5.41) is 11.0. The zero-order valence-electron chi connectivity index (χ0n) is 13.4. The van der Waals surface area contributed by atoms with Gasteiger partial charge in [-0.25, -0.2) is 0 Å². The fourth-order valence-electron chi connectivity index (χ4n) is 2.57. The van der Waals surface area contributed by atoms with Gasteiger partial charge in [0.1, 0.15) is 0 Å². The fourth-order valence-corrected chi connectivity index (χ4v) is 3.81. The van der Waals surface area contributed by atoms with E-state index in [1.54, 1.807) is 0 Å². The van der Waals surface area contributed by atoms with E-state index in [9.17, 15) is 0 Å². The van der Waals surface area contributed by atoms with Crippen LogP contribution in [0.4, 0.5) is 0 Å². The van der Waals surface area contributed by atoms with Crippen molar-refractivity contribution in [1.29, 1.82) is 0 Å². The molecule has 1 aromatic rings. The Morgan fingerprint density at radius 1 is 1.52 bits per heavy atom. The molecule has 118 valence electrons. The van der Waals surface area contributed by atoms with Gasteiger partial charge in [-0.3, -0.25) is 9.67 Å². The predicted molar refractivity (Wildman–Crippen MR) is 91.0 cm³/mol. The van der Waals surface area contributed by atoms with E-state index in [-0.39, 0.29) is 0 Å². The van der Waals surface area contributed by atoms with Crippen molar-refractivity contribution in [2.45, 2.75) is 37.4 Å². The predicted octanol–water partition coefficient (Wildman–Crippen LogP) is 1.80. The van der Waals surface area contributed by atoms with Gasteiger partial charge >= 0.3 is 0 Å². The molecule has 0 amide bonds. The summed E-state index contributed by atoms with van der Waals surface area (Å²) < 4.78 is 2.22. The fraction of sp³-hybridized carbons (Fsp3) is 0.733. The van der Waals surface area contributed by atoms with Crippen molar-refractivity contribution in [3.63, 3.8) is 0 Å². The molecule has 0 spiro atoms. The highest BCUT2D eigenvalue weighted by Crippen LogP contribution is 2.36. The number of nitrogens with one attached hydrogen (secondary N) is 2. The lowest BCUT2D eigenvalue weighted by Gasteiger charge is -2.24. The Morgan fingerprint density at radius 3 is 3.00 bits per heavy atom. The zero-order chi connectivity index (χ0) is 15.1. The van der Waals surface area contributed by atoms with E-state index in [1.807, 2.05) is 25.0 Å². The van der Waals surface area contributed by atoms with Crippen molar-refractivity contribution in [2.24, 2.45) is 12.0 Å². The molecule has 1 atom stereocenters. The van der Waals surface area contributed by atoms with Crippen LogP contribution in [0, 0.1) is 0 Å². The third kappa shape index (κ3) is 5.26. The Kier molecular flexibility index (Phi) is 5.96. The molecule has 1 aromatic heterocycles. The third-order valence-electron chi connectivity index (χ3n) is 3.85. The molecule has 2 N–H and O–H groups in total. The lowest BCUT2D eigenvalue weighted by Crippen LogP contribution is -2.43. The van der Waals surface area contributed by atoms with E-state index < -0.39 is 0 Å². The highest BCUT2D eigenvalue weighted by Gasteiger charge is 2.29. The quantitative estimate of drug-likeness (QED) is 0.478. The first-order valence-electron chi connectivity index (χ1n) is 7.67. The van der Waals surface area contributed by atoms with Crippen LogP contribution < -0.4 is 10.6 Å². The molecular formula is C15H27N5S. The van der Waals surface area contributed by atoms with Crippen LogP contribution in [0.25, 0.3) is 0 Å². The topological polar surface area (TPSA) is 54.2 Å². The second-order valence-corrected chi connectivity index (χ2v) is 7.56. The van der Waals surface area contributed by atoms with Crippen LogP contribution in [0.15, 0.2) is 17.4 Å². The zero-order valence-corrected chi connectivity index (χ0v) is 14.2. The number of hydrogen-bond acceptors (Lipinski definition) is 3. The van der Waals surface area contributed by atoms with E-state index in [4.69, 9.17) is 0 Å². The van der Waals surface area contributed by atoms with Gasteiger partial charge in [0.2, 0.25) is 0 Å². The number of rotatable bonds is 6. The Bertz CT molecular complexity index is 462. The van der Waals surface area contributed by atoms with Crippen LogP contribution in [0.5, 0.6) is 0 Å². The number of hydrogen-bond donors (Lipinski definition) is 2. The first-order valence-corrected chi connectivity index (χ1v) is 8.66. The molecule has 1 fully saturated rings. The monoisotopic (exact) mass is 309 g/mol. The standard InChI is InChI=1S/C15H27N5S/c1-15(7-5-9-21-15)12-18-14(16-2)17-8-4-6-13-10-19-20(3)11-13/h10-11H,4-9,12H2,1-3H3,(H2,16,17,18). The summed E-state index contributed by atoms with van der Waals surface area (Å²) in [6.07, 6.45) is 8.77. The molecule has 1 aliphatic heterocycles. The first-order chi connectivity index (χ1) is 10.1. The molecule has 1 saturated heterocycles. The van der Waals surface area contributed by atoms with Crippen molar-refractivity contribution < 1.29 is 0 Å². The first kappa shape index (κ1) is 16.2. The molecule has 5 nitrogen and oxygen atoms in total. The van der Waals surface area contributed by atoms with Gasteiger partial charge in [0.25, 0.3) is 0 Å². The van der Waals surface area contributed by atoms with Gasteiger partial charge in [-0.15, -0.1) is 0 Å². The lowest BCUT2D eigenvalue weighted by atomic mass is 10.1. The average Bonchev–Trinajstić information content (AvgIpc) is 3.07. The minimum Gasteiger partial charge on any atom is -0.356 e. The number of thioether (sulfide) groups is 1. The number of aryl methyl sites for hydroxylation is 2. The number of aliphatic imine (C=N–C) groups is 1. The third-order valence-corrected chi connectivity index (χ3v) is 5.39. The molecule has 6 heteroatoms. The summed E-state index contributed by atoms with van der Waals surface area (Å²) in [6, 6.07) is 0. The molecule has 0 saturated carbocycles. The molecule has 2 heterocycles. The minimum absolute atomic E-state index is 0.368. The van der Waals surface area contributed by atoms with Crippen LogP contribution in [0.3, 0.4) is 0 Å². The van der Waals surface area contributed by atoms with Gasteiger partial charge in [-0.05, 0) is 43.9 Å². The van der Waals surface area contributed by atoms with Crippen LogP contribution in [0.1, 0.15) is 31.7 Å². The molecule has 0 aromatic carbocycles. The van der Waals surface area contributed by atoms with Gasteiger partial charge in [0.05, 0.1) is 6.20 Å². The van der Waals surface area contributed by atoms with Gasteiger partial charge in [-0.2, -0.15) is 16.9 Å². The van der Waals surface area contributed by atoms with Crippen LogP contribution in [-0.2, 0) is 13.5 Å². The lowest BCUT2D eigenvalue weighted by molar-refractivity contribution is 0.583. The molecule has 0 radical (unpaired) electrons. The van der Waals surface area contributed by atoms with E-state index >= 15 is 0 Å². The van der Waals surface area contributed by atoms with Crippen molar-refractivity contribution in [3.05, 3.63) is 18.0 Å². The average molecular weight is 309 g/mol. The summed E-state index contributed by atoms with van der Waals surface area (Å²) in [4.78, 5) is 4.30. The maximum Gasteiger partial charge on any atom is 0.191 e. The molecule has 0 aliphatic carbocycles. The van der Waals surface area contributed by atoms with Crippen LogP contribution in [0.2, 0.25) is 0 Å². The molecule has 2 rings (SSSR count). The second kappa shape index (κ2) is 7.73. The number of guanidine groups is 1. The van der Waals surface area contributed by atoms with E-state index in [2.05, 4.69) is 45.6 Å². The van der Waals surface area contributed by atoms with Crippen molar-refractivity contribution in [1.82, 2.24) is 20.4 Å². The van der Waals surface area contributed by atoms with Gasteiger partial charge < -0.3 is 10.6 Å². The Morgan fingerprint density at radius 2 is 2.38 bits per heavy atom. The number of nitrogens with zero attached hydrogens (tertiary/aromatic N) is 3. The highest BCUT2D eigenvalue weighted by molar-refractivity contribution is 8.00. The Balaban J connectivity index is 1.63. The van der Waals surface area contributed by atoms with Crippen molar-refractivity contribution >= 4 is 17.7 Å². The summed E-state index contributed by atoms with van der Waals surface area (Å²) in [7, 11) is 3.79. The van der Waals surface area contributed by atoms with Gasteiger partial charge in [0, 0.05) is 38.1 Å².